The van der Waals surface area contributed by atoms with Gasteiger partial charge in [-0.2, -0.15) is 0 Å². The fourth-order valence-corrected chi connectivity index (χ4v) is 2.17. The Balaban J connectivity index is 1.99. The van der Waals surface area contributed by atoms with Crippen molar-refractivity contribution in [3.63, 3.8) is 0 Å². The maximum Gasteiger partial charge on any atom is 0.118 e. The molecule has 0 heterocycles. The number of ether oxygens (including phenoxy) is 3. The van der Waals surface area contributed by atoms with Crippen molar-refractivity contribution in [2.75, 3.05) is 21.3 Å². The smallest absolute Gasteiger partial charge is 0.118 e. The highest BCUT2D eigenvalue weighted by molar-refractivity contribution is 5.52. The summed E-state index contributed by atoms with van der Waals surface area (Å²) in [6.07, 6.45) is 7.96. The molecule has 2 aromatic carbocycles. The zero-order chi connectivity index (χ0) is 16.5. The second-order valence-electron chi connectivity index (χ2n) is 4.95. The number of methoxy groups -OCH3 is 3. The van der Waals surface area contributed by atoms with Crippen molar-refractivity contribution in [1.29, 1.82) is 0 Å². The second kappa shape index (κ2) is 8.81. The molecule has 1 unspecified atom stereocenters. The number of hydrogen-bond acceptors (Lipinski definition) is 3. The van der Waals surface area contributed by atoms with E-state index < -0.39 is 0 Å². The summed E-state index contributed by atoms with van der Waals surface area (Å²) >= 11 is 0. The molecule has 2 aromatic rings. The van der Waals surface area contributed by atoms with Gasteiger partial charge >= 0.3 is 0 Å². The van der Waals surface area contributed by atoms with Crippen LogP contribution in [-0.4, -0.2) is 21.3 Å². The Morgan fingerprint density at radius 3 is 1.83 bits per heavy atom. The lowest BCUT2D eigenvalue weighted by atomic mass is 10.1. The van der Waals surface area contributed by atoms with E-state index in [1.54, 1.807) is 21.3 Å². The first-order valence-electron chi connectivity index (χ1n) is 7.42. The van der Waals surface area contributed by atoms with E-state index in [-0.39, 0.29) is 6.10 Å². The van der Waals surface area contributed by atoms with Crippen molar-refractivity contribution in [2.45, 2.75) is 6.10 Å². The Hall–Kier alpha value is -2.52. The maximum absolute atomic E-state index is 5.51. The molecule has 0 aromatic heterocycles. The number of hydrogen-bond donors (Lipinski definition) is 0. The Morgan fingerprint density at radius 2 is 1.30 bits per heavy atom. The van der Waals surface area contributed by atoms with Gasteiger partial charge in [-0.3, -0.25) is 0 Å². The van der Waals surface area contributed by atoms with Crippen molar-refractivity contribution >= 4 is 6.08 Å². The van der Waals surface area contributed by atoms with Gasteiger partial charge in [0.15, 0.2) is 0 Å². The van der Waals surface area contributed by atoms with Crippen LogP contribution in [0.5, 0.6) is 11.5 Å². The summed E-state index contributed by atoms with van der Waals surface area (Å²) < 4.78 is 15.8. The highest BCUT2D eigenvalue weighted by Crippen LogP contribution is 2.21. The van der Waals surface area contributed by atoms with Crippen molar-refractivity contribution in [3.05, 3.63) is 77.9 Å². The van der Waals surface area contributed by atoms with E-state index >= 15 is 0 Å². The van der Waals surface area contributed by atoms with Gasteiger partial charge in [0.1, 0.15) is 17.6 Å². The van der Waals surface area contributed by atoms with Gasteiger partial charge in [0, 0.05) is 7.11 Å². The fourth-order valence-electron chi connectivity index (χ4n) is 2.17. The molecule has 120 valence electrons. The number of benzene rings is 2. The summed E-state index contributed by atoms with van der Waals surface area (Å²) in [7, 11) is 5.02. The lowest BCUT2D eigenvalue weighted by Gasteiger charge is -2.11. The van der Waals surface area contributed by atoms with Gasteiger partial charge in [0.2, 0.25) is 0 Å². The minimum Gasteiger partial charge on any atom is -0.497 e. The largest absolute Gasteiger partial charge is 0.497 e. The van der Waals surface area contributed by atoms with Crippen LogP contribution in [0.3, 0.4) is 0 Å². The number of rotatable bonds is 7. The Morgan fingerprint density at radius 1 is 0.739 bits per heavy atom. The van der Waals surface area contributed by atoms with E-state index in [0.29, 0.717) is 0 Å². The Bertz CT molecular complexity index is 640. The lowest BCUT2D eigenvalue weighted by Crippen LogP contribution is -1.97. The van der Waals surface area contributed by atoms with E-state index in [9.17, 15) is 0 Å². The first kappa shape index (κ1) is 16.8. The van der Waals surface area contributed by atoms with Crippen molar-refractivity contribution in [1.82, 2.24) is 0 Å². The molecule has 1 atom stereocenters. The Labute approximate surface area is 137 Å². The Kier molecular flexibility index (Phi) is 6.45. The van der Waals surface area contributed by atoms with E-state index in [2.05, 4.69) is 0 Å². The average molecular weight is 310 g/mol. The van der Waals surface area contributed by atoms with Gasteiger partial charge in [-0.15, -0.1) is 0 Å². The van der Waals surface area contributed by atoms with E-state index in [1.165, 1.54) is 0 Å². The third kappa shape index (κ3) is 5.01. The zero-order valence-electron chi connectivity index (χ0n) is 13.7. The molecule has 0 amide bonds. The van der Waals surface area contributed by atoms with Gasteiger partial charge in [0.05, 0.1) is 14.2 Å². The minimum atomic E-state index is -0.0820. The first-order valence-corrected chi connectivity index (χ1v) is 7.42. The summed E-state index contributed by atoms with van der Waals surface area (Å²) in [5.74, 6) is 1.70. The summed E-state index contributed by atoms with van der Waals surface area (Å²) in [6.45, 7) is 0. The molecule has 0 spiro atoms. The zero-order valence-corrected chi connectivity index (χ0v) is 13.7. The molecule has 0 aliphatic carbocycles. The molecule has 3 heteroatoms. The molecule has 0 fully saturated rings. The third-order valence-corrected chi connectivity index (χ3v) is 3.50. The monoisotopic (exact) mass is 310 g/mol. The SMILES string of the molecule is COc1ccc(/C=C/C=C/C(OC)c2ccc(OC)cc2)cc1. The second-order valence-corrected chi connectivity index (χ2v) is 4.95. The standard InChI is InChI=1S/C20H22O3/c1-21-18-12-8-16(9-13-18)6-4-5-7-20(23-3)17-10-14-19(22-2)15-11-17/h4-15,20H,1-3H3/b6-4+,7-5+. The van der Waals surface area contributed by atoms with Crippen LogP contribution in [0.4, 0.5) is 0 Å². The molecule has 0 aliphatic heterocycles. The summed E-state index contributed by atoms with van der Waals surface area (Å²) in [5, 5.41) is 0. The van der Waals surface area contributed by atoms with Crippen LogP contribution < -0.4 is 9.47 Å². The molecule has 23 heavy (non-hydrogen) atoms. The predicted octanol–water partition coefficient (Wildman–Crippen LogP) is 4.66. The molecule has 0 saturated carbocycles. The van der Waals surface area contributed by atoms with Crippen LogP contribution in [0.25, 0.3) is 6.08 Å². The summed E-state index contributed by atoms with van der Waals surface area (Å²) in [4.78, 5) is 0. The van der Waals surface area contributed by atoms with Gasteiger partial charge in [0.25, 0.3) is 0 Å². The van der Waals surface area contributed by atoms with E-state index in [4.69, 9.17) is 14.2 Å². The van der Waals surface area contributed by atoms with Crippen molar-refractivity contribution in [2.24, 2.45) is 0 Å². The van der Waals surface area contributed by atoms with Crippen LogP contribution in [0.2, 0.25) is 0 Å². The fraction of sp³-hybridized carbons (Fsp3) is 0.200. The maximum atomic E-state index is 5.51. The molecule has 0 aliphatic rings. The first-order chi connectivity index (χ1) is 11.3. The number of allylic oxidation sites excluding steroid dienone is 2. The van der Waals surface area contributed by atoms with Crippen LogP contribution in [0.1, 0.15) is 17.2 Å². The average Bonchev–Trinajstić information content (AvgIpc) is 2.62. The van der Waals surface area contributed by atoms with Crippen molar-refractivity contribution in [3.8, 4) is 11.5 Å². The van der Waals surface area contributed by atoms with Crippen LogP contribution in [0.15, 0.2) is 66.8 Å². The quantitative estimate of drug-likeness (QED) is 0.696. The predicted molar refractivity (Wildman–Crippen MR) is 93.9 cm³/mol. The van der Waals surface area contributed by atoms with Gasteiger partial charge < -0.3 is 14.2 Å². The molecule has 0 bridgehead atoms. The molecule has 0 saturated heterocycles. The van der Waals surface area contributed by atoms with Gasteiger partial charge in [-0.05, 0) is 35.4 Å². The lowest BCUT2D eigenvalue weighted by molar-refractivity contribution is 0.143. The molecular weight excluding hydrogens is 288 g/mol. The van der Waals surface area contributed by atoms with E-state index in [1.807, 2.05) is 72.8 Å². The summed E-state index contributed by atoms with van der Waals surface area (Å²) in [6, 6.07) is 15.8. The molecule has 3 nitrogen and oxygen atoms in total. The van der Waals surface area contributed by atoms with Gasteiger partial charge in [-0.25, -0.2) is 0 Å². The highest BCUT2D eigenvalue weighted by Gasteiger charge is 2.05. The van der Waals surface area contributed by atoms with E-state index in [0.717, 1.165) is 22.6 Å². The highest BCUT2D eigenvalue weighted by atomic mass is 16.5. The minimum absolute atomic E-state index is 0.0820. The summed E-state index contributed by atoms with van der Waals surface area (Å²) in [5.41, 5.74) is 2.20. The topological polar surface area (TPSA) is 27.7 Å². The van der Waals surface area contributed by atoms with Crippen LogP contribution in [-0.2, 0) is 4.74 Å². The van der Waals surface area contributed by atoms with Crippen LogP contribution >= 0.6 is 0 Å². The molecule has 0 radical (unpaired) electrons. The third-order valence-electron chi connectivity index (χ3n) is 3.50. The molecule has 2 rings (SSSR count). The molecular formula is C20H22O3. The normalized spacial score (nSPS) is 12.7. The van der Waals surface area contributed by atoms with Crippen molar-refractivity contribution < 1.29 is 14.2 Å². The van der Waals surface area contributed by atoms with Crippen LogP contribution in [0, 0.1) is 0 Å². The van der Waals surface area contributed by atoms with Gasteiger partial charge in [-0.1, -0.05) is 48.6 Å². The molecule has 0 N–H and O–H groups in total.